The van der Waals surface area contributed by atoms with E-state index in [9.17, 15) is 13.2 Å². The summed E-state index contributed by atoms with van der Waals surface area (Å²) < 4.78 is 39.7. The van der Waals surface area contributed by atoms with Crippen molar-refractivity contribution in [1.82, 2.24) is 0 Å². The average Bonchev–Trinajstić information content (AvgIpc) is 2.31. The van der Waals surface area contributed by atoms with Crippen LogP contribution in [0.3, 0.4) is 0 Å². The van der Waals surface area contributed by atoms with E-state index in [4.69, 9.17) is 11.5 Å². The molecule has 2 aromatic carbocycles. The Kier molecular flexibility index (Phi) is 2.67. The third kappa shape index (κ3) is 1.91. The molecule has 0 radical (unpaired) electrons. The van der Waals surface area contributed by atoms with Gasteiger partial charge in [0.05, 0.1) is 5.69 Å². The minimum atomic E-state index is -1.58. The summed E-state index contributed by atoms with van der Waals surface area (Å²) in [6, 6.07) is 7.22. The normalized spacial score (nSPS) is 10.5. The fourth-order valence-corrected chi connectivity index (χ4v) is 1.54. The van der Waals surface area contributed by atoms with E-state index in [1.165, 1.54) is 12.1 Å². The zero-order valence-corrected chi connectivity index (χ0v) is 8.68. The molecule has 0 aromatic heterocycles. The van der Waals surface area contributed by atoms with Crippen molar-refractivity contribution in [2.75, 3.05) is 11.5 Å². The van der Waals surface area contributed by atoms with Crippen LogP contribution in [0.4, 0.5) is 24.5 Å². The van der Waals surface area contributed by atoms with Gasteiger partial charge in [-0.3, -0.25) is 0 Å². The highest BCUT2D eigenvalue weighted by molar-refractivity contribution is 5.71. The predicted molar refractivity (Wildman–Crippen MR) is 60.6 cm³/mol. The lowest BCUT2D eigenvalue weighted by atomic mass is 10.0. The van der Waals surface area contributed by atoms with Gasteiger partial charge >= 0.3 is 0 Å². The zero-order chi connectivity index (χ0) is 12.6. The van der Waals surface area contributed by atoms with E-state index in [0.717, 1.165) is 6.07 Å². The first-order valence-electron chi connectivity index (χ1n) is 4.79. The Labute approximate surface area is 95.7 Å². The molecule has 0 saturated carbocycles. The van der Waals surface area contributed by atoms with E-state index >= 15 is 0 Å². The molecular weight excluding hydrogens is 229 g/mol. The summed E-state index contributed by atoms with van der Waals surface area (Å²) in [4.78, 5) is 0. The number of nitrogens with two attached hydrogens (primary N) is 2. The van der Waals surface area contributed by atoms with Gasteiger partial charge < -0.3 is 11.5 Å². The Morgan fingerprint density at radius 3 is 2.18 bits per heavy atom. The van der Waals surface area contributed by atoms with Crippen LogP contribution >= 0.6 is 0 Å². The number of hydrogen-bond donors (Lipinski definition) is 2. The molecule has 0 aliphatic rings. The molecule has 0 unspecified atom stereocenters. The second-order valence-electron chi connectivity index (χ2n) is 3.58. The van der Waals surface area contributed by atoms with Crippen molar-refractivity contribution in [2.45, 2.75) is 0 Å². The van der Waals surface area contributed by atoms with Gasteiger partial charge in [-0.15, -0.1) is 0 Å². The van der Waals surface area contributed by atoms with Crippen molar-refractivity contribution >= 4 is 11.4 Å². The summed E-state index contributed by atoms with van der Waals surface area (Å²) in [5, 5.41) is 0. The maximum Gasteiger partial charge on any atom is 0.197 e. The number of hydrogen-bond acceptors (Lipinski definition) is 2. The van der Waals surface area contributed by atoms with Crippen molar-refractivity contribution in [3.05, 3.63) is 47.8 Å². The molecule has 88 valence electrons. The summed E-state index contributed by atoms with van der Waals surface area (Å²) >= 11 is 0. The molecular formula is C12H9F3N2. The lowest BCUT2D eigenvalue weighted by Gasteiger charge is -2.08. The van der Waals surface area contributed by atoms with Gasteiger partial charge in [-0.25, -0.2) is 13.2 Å². The number of anilines is 2. The fourth-order valence-electron chi connectivity index (χ4n) is 1.54. The first kappa shape index (κ1) is 11.3. The summed E-state index contributed by atoms with van der Waals surface area (Å²) in [6.07, 6.45) is 0. The van der Waals surface area contributed by atoms with Crippen LogP contribution in [0.5, 0.6) is 0 Å². The summed E-state index contributed by atoms with van der Waals surface area (Å²) in [7, 11) is 0. The molecule has 17 heavy (non-hydrogen) atoms. The van der Waals surface area contributed by atoms with Crippen LogP contribution in [-0.4, -0.2) is 0 Å². The molecule has 2 nitrogen and oxygen atoms in total. The quantitative estimate of drug-likeness (QED) is 0.592. The lowest BCUT2D eigenvalue weighted by molar-refractivity contribution is 0.451. The van der Waals surface area contributed by atoms with Gasteiger partial charge in [-0.05, 0) is 23.8 Å². The summed E-state index contributed by atoms with van der Waals surface area (Å²) in [5.74, 6) is -4.24. The highest BCUT2D eigenvalue weighted by atomic mass is 19.2. The van der Waals surface area contributed by atoms with Gasteiger partial charge in [-0.2, -0.15) is 0 Å². The van der Waals surface area contributed by atoms with Crippen molar-refractivity contribution < 1.29 is 13.2 Å². The van der Waals surface area contributed by atoms with Gasteiger partial charge in [0.1, 0.15) is 0 Å². The van der Waals surface area contributed by atoms with Gasteiger partial charge in [0.2, 0.25) is 0 Å². The largest absolute Gasteiger partial charge is 0.399 e. The number of benzene rings is 2. The molecule has 5 heteroatoms. The lowest BCUT2D eigenvalue weighted by Crippen LogP contribution is -2.00. The summed E-state index contributed by atoms with van der Waals surface area (Å²) in [6.45, 7) is 0. The highest BCUT2D eigenvalue weighted by Gasteiger charge is 2.18. The van der Waals surface area contributed by atoms with Crippen molar-refractivity contribution in [3.63, 3.8) is 0 Å². The van der Waals surface area contributed by atoms with Crippen LogP contribution in [0.25, 0.3) is 11.1 Å². The van der Waals surface area contributed by atoms with Gasteiger partial charge in [-0.1, -0.05) is 12.1 Å². The topological polar surface area (TPSA) is 52.0 Å². The van der Waals surface area contributed by atoms with Crippen LogP contribution in [-0.2, 0) is 0 Å². The molecule has 0 spiro atoms. The van der Waals surface area contributed by atoms with Crippen LogP contribution in [0, 0.1) is 17.5 Å². The Morgan fingerprint density at radius 2 is 1.53 bits per heavy atom. The van der Waals surface area contributed by atoms with Crippen molar-refractivity contribution in [3.8, 4) is 11.1 Å². The number of rotatable bonds is 1. The molecule has 0 heterocycles. The minimum Gasteiger partial charge on any atom is -0.399 e. The SMILES string of the molecule is Nc1cccc(-c2cc(N)c(F)c(F)c2F)c1. The minimum absolute atomic E-state index is 0.117. The molecule has 4 N–H and O–H groups in total. The number of nitrogen functional groups attached to an aromatic ring is 2. The first-order valence-corrected chi connectivity index (χ1v) is 4.79. The molecule has 0 aliphatic carbocycles. The standard InChI is InChI=1S/C12H9F3N2/c13-10-8(5-9(17)11(14)12(10)15)6-2-1-3-7(16)4-6/h1-5H,16-17H2. The monoisotopic (exact) mass is 238 g/mol. The van der Waals surface area contributed by atoms with Gasteiger partial charge in [0, 0.05) is 11.3 Å². The van der Waals surface area contributed by atoms with E-state index in [0.29, 0.717) is 11.3 Å². The smallest absolute Gasteiger partial charge is 0.197 e. The molecule has 2 rings (SSSR count). The van der Waals surface area contributed by atoms with Gasteiger partial charge in [0.15, 0.2) is 17.5 Å². The second kappa shape index (κ2) is 4.01. The first-order chi connectivity index (χ1) is 8.00. The second-order valence-corrected chi connectivity index (χ2v) is 3.58. The molecule has 0 fully saturated rings. The van der Waals surface area contributed by atoms with Crippen LogP contribution in [0.2, 0.25) is 0 Å². The van der Waals surface area contributed by atoms with Crippen molar-refractivity contribution in [2.24, 2.45) is 0 Å². The Bertz CT molecular complexity index is 582. The maximum atomic E-state index is 13.5. The third-order valence-electron chi connectivity index (χ3n) is 2.37. The molecule has 0 atom stereocenters. The molecule has 0 aliphatic heterocycles. The third-order valence-corrected chi connectivity index (χ3v) is 2.37. The van der Waals surface area contributed by atoms with E-state index in [1.54, 1.807) is 12.1 Å². The van der Waals surface area contributed by atoms with Crippen LogP contribution < -0.4 is 11.5 Å². The fraction of sp³-hybridized carbons (Fsp3) is 0. The van der Waals surface area contributed by atoms with Crippen molar-refractivity contribution in [1.29, 1.82) is 0 Å². The van der Waals surface area contributed by atoms with Gasteiger partial charge in [0.25, 0.3) is 0 Å². The predicted octanol–water partition coefficient (Wildman–Crippen LogP) is 2.94. The number of halogens is 3. The molecule has 0 amide bonds. The molecule has 0 bridgehead atoms. The Hall–Kier alpha value is -2.17. The van der Waals surface area contributed by atoms with Crippen LogP contribution in [0.1, 0.15) is 0 Å². The average molecular weight is 238 g/mol. The summed E-state index contributed by atoms with van der Waals surface area (Å²) in [5.41, 5.74) is 11.0. The molecule has 2 aromatic rings. The van der Waals surface area contributed by atoms with E-state index < -0.39 is 23.1 Å². The Morgan fingerprint density at radius 1 is 0.824 bits per heavy atom. The van der Waals surface area contributed by atoms with E-state index in [-0.39, 0.29) is 5.56 Å². The zero-order valence-electron chi connectivity index (χ0n) is 8.68. The Balaban J connectivity index is 2.68. The maximum absolute atomic E-state index is 13.5. The van der Waals surface area contributed by atoms with E-state index in [2.05, 4.69) is 0 Å². The molecule has 0 saturated heterocycles. The van der Waals surface area contributed by atoms with E-state index in [1.807, 2.05) is 0 Å². The highest BCUT2D eigenvalue weighted by Crippen LogP contribution is 2.30. The van der Waals surface area contributed by atoms with Crippen LogP contribution in [0.15, 0.2) is 30.3 Å².